The van der Waals surface area contributed by atoms with Crippen molar-refractivity contribution in [3.8, 4) is 28.0 Å². The van der Waals surface area contributed by atoms with E-state index in [-0.39, 0.29) is 5.97 Å². The number of benzene rings is 2. The molecule has 2 aromatic heterocycles. The van der Waals surface area contributed by atoms with Gasteiger partial charge >= 0.3 is 5.97 Å². The molecule has 5 rings (SSSR count). The fourth-order valence-corrected chi connectivity index (χ4v) is 4.79. The van der Waals surface area contributed by atoms with Gasteiger partial charge in [0.1, 0.15) is 5.75 Å². The molecule has 0 saturated heterocycles. The Morgan fingerprint density at radius 2 is 1.94 bits per heavy atom. The normalized spacial score (nSPS) is 13.2. The molecule has 0 spiro atoms. The molecule has 2 N–H and O–H groups in total. The second-order valence-electron chi connectivity index (χ2n) is 9.45. The molecule has 6 nitrogen and oxygen atoms in total. The minimum Gasteiger partial charge on any atom is -0.494 e. The van der Waals surface area contributed by atoms with E-state index in [2.05, 4.69) is 52.1 Å². The van der Waals surface area contributed by atoms with Crippen molar-refractivity contribution in [3.63, 3.8) is 0 Å². The molecular weight excluding hydrogens is 450 g/mol. The van der Waals surface area contributed by atoms with Crippen molar-refractivity contribution in [3.05, 3.63) is 72.2 Å². The zero-order chi connectivity index (χ0) is 25.1. The fourth-order valence-electron chi connectivity index (χ4n) is 4.79. The van der Waals surface area contributed by atoms with E-state index in [0.717, 1.165) is 51.7 Å². The van der Waals surface area contributed by atoms with Gasteiger partial charge < -0.3 is 19.8 Å². The lowest BCUT2D eigenvalue weighted by Gasteiger charge is -2.16. The molecule has 4 aromatic rings. The number of nitrogens with zero attached hydrogens (tertiary/aromatic N) is 2. The zero-order valence-electron chi connectivity index (χ0n) is 21.0. The second-order valence-corrected chi connectivity index (χ2v) is 9.45. The van der Waals surface area contributed by atoms with Crippen LogP contribution in [0.25, 0.3) is 33.2 Å². The van der Waals surface area contributed by atoms with Crippen LogP contribution in [0.15, 0.2) is 60.9 Å². The van der Waals surface area contributed by atoms with Gasteiger partial charge in [0.2, 0.25) is 0 Å². The third-order valence-electron chi connectivity index (χ3n) is 6.76. The first-order chi connectivity index (χ1) is 17.6. The highest BCUT2D eigenvalue weighted by Gasteiger charge is 2.23. The number of rotatable bonds is 10. The van der Waals surface area contributed by atoms with E-state index in [1.54, 1.807) is 0 Å². The van der Waals surface area contributed by atoms with E-state index >= 15 is 0 Å². The van der Waals surface area contributed by atoms with E-state index in [1.807, 2.05) is 25.3 Å². The average molecular weight is 484 g/mol. The van der Waals surface area contributed by atoms with E-state index in [9.17, 15) is 4.79 Å². The highest BCUT2D eigenvalue weighted by molar-refractivity contribution is 5.99. The van der Waals surface area contributed by atoms with Gasteiger partial charge in [-0.15, -0.1) is 0 Å². The molecule has 2 aromatic carbocycles. The van der Waals surface area contributed by atoms with Crippen LogP contribution in [0.5, 0.6) is 5.75 Å². The molecular formula is C30H33N3O3. The van der Waals surface area contributed by atoms with Gasteiger partial charge in [-0.2, -0.15) is 0 Å². The lowest BCUT2D eigenvalue weighted by atomic mass is 9.92. The van der Waals surface area contributed by atoms with Crippen LogP contribution < -0.4 is 10.5 Å². The third-order valence-corrected chi connectivity index (χ3v) is 6.76. The number of hydrogen-bond donors (Lipinski definition) is 1. The third kappa shape index (κ3) is 5.29. The molecule has 0 bridgehead atoms. The van der Waals surface area contributed by atoms with Crippen LogP contribution in [0, 0.1) is 5.92 Å². The Kier molecular flexibility index (Phi) is 7.05. The van der Waals surface area contributed by atoms with Gasteiger partial charge in [-0.25, -0.2) is 0 Å². The molecule has 1 aliphatic rings. The molecule has 0 amide bonds. The van der Waals surface area contributed by atoms with Gasteiger partial charge in [-0.3, -0.25) is 9.78 Å². The fraction of sp³-hybridized carbons (Fsp3) is 0.333. The van der Waals surface area contributed by atoms with Crippen LogP contribution >= 0.6 is 0 Å². The summed E-state index contributed by atoms with van der Waals surface area (Å²) < 4.78 is 13.5. The number of pyridine rings is 1. The van der Waals surface area contributed by atoms with Crippen molar-refractivity contribution >= 4 is 16.9 Å². The van der Waals surface area contributed by atoms with E-state index < -0.39 is 0 Å². The number of carbonyl (C=O) groups excluding carboxylic acids is 1. The first-order valence-electron chi connectivity index (χ1n) is 12.7. The molecule has 0 unspecified atom stereocenters. The van der Waals surface area contributed by atoms with E-state index in [1.165, 1.54) is 30.7 Å². The summed E-state index contributed by atoms with van der Waals surface area (Å²) in [4.78, 5) is 15.8. The number of hydrogen-bond acceptors (Lipinski definition) is 5. The highest BCUT2D eigenvalue weighted by Crippen LogP contribution is 2.39. The monoisotopic (exact) mass is 483 g/mol. The van der Waals surface area contributed by atoms with Crippen LogP contribution in [0.1, 0.15) is 37.9 Å². The molecule has 0 radical (unpaired) electrons. The minimum atomic E-state index is -0.266. The predicted molar refractivity (Wildman–Crippen MR) is 143 cm³/mol. The zero-order valence-corrected chi connectivity index (χ0v) is 21.0. The van der Waals surface area contributed by atoms with E-state index in [4.69, 9.17) is 15.2 Å². The first-order valence-corrected chi connectivity index (χ1v) is 12.7. The Morgan fingerprint density at radius 3 is 2.69 bits per heavy atom. The molecule has 1 saturated carbocycles. The van der Waals surface area contributed by atoms with Crippen molar-refractivity contribution < 1.29 is 14.3 Å². The smallest absolute Gasteiger partial charge is 0.302 e. The Balaban J connectivity index is 1.67. The van der Waals surface area contributed by atoms with Crippen molar-refractivity contribution in [2.24, 2.45) is 11.7 Å². The molecule has 0 aliphatic heterocycles. The SMILES string of the molecule is CCOc1ccc(CCOC(C)=O)c(-c2cc(-c3ccnc(CN)c3)c3ccn(CC4CC4)c3c2)c1. The minimum absolute atomic E-state index is 0.266. The summed E-state index contributed by atoms with van der Waals surface area (Å²) in [5.74, 6) is 1.32. The van der Waals surface area contributed by atoms with Crippen molar-refractivity contribution in [2.45, 2.75) is 46.2 Å². The van der Waals surface area contributed by atoms with Crippen molar-refractivity contribution in [2.75, 3.05) is 13.2 Å². The summed E-state index contributed by atoms with van der Waals surface area (Å²) >= 11 is 0. The maximum Gasteiger partial charge on any atom is 0.302 e. The summed E-state index contributed by atoms with van der Waals surface area (Å²) in [7, 11) is 0. The van der Waals surface area contributed by atoms with Gasteiger partial charge in [-0.1, -0.05) is 6.07 Å². The van der Waals surface area contributed by atoms with Gasteiger partial charge in [0.25, 0.3) is 0 Å². The van der Waals surface area contributed by atoms with Crippen LogP contribution in [0.3, 0.4) is 0 Å². The van der Waals surface area contributed by atoms with Crippen molar-refractivity contribution in [1.29, 1.82) is 0 Å². The number of aromatic nitrogens is 2. The Bertz CT molecular complexity index is 1390. The first kappa shape index (κ1) is 24.1. The van der Waals surface area contributed by atoms with Crippen LogP contribution in [0.4, 0.5) is 0 Å². The van der Waals surface area contributed by atoms with Gasteiger partial charge in [0.05, 0.1) is 18.9 Å². The summed E-state index contributed by atoms with van der Waals surface area (Å²) in [5, 5.41) is 1.22. The molecule has 1 aliphatic carbocycles. The number of ether oxygens (including phenoxy) is 2. The van der Waals surface area contributed by atoms with Gasteiger partial charge in [-0.05, 0) is 96.0 Å². The highest BCUT2D eigenvalue weighted by atomic mass is 16.5. The predicted octanol–water partition coefficient (Wildman–Crippen LogP) is 5.74. The van der Waals surface area contributed by atoms with E-state index in [0.29, 0.717) is 26.2 Å². The Morgan fingerprint density at radius 1 is 1.08 bits per heavy atom. The number of carbonyl (C=O) groups is 1. The number of fused-ring (bicyclic) bond motifs is 1. The lowest BCUT2D eigenvalue weighted by molar-refractivity contribution is -0.140. The molecule has 1 fully saturated rings. The molecule has 36 heavy (non-hydrogen) atoms. The summed E-state index contributed by atoms with van der Waals surface area (Å²) in [6.45, 7) is 5.80. The maximum absolute atomic E-state index is 11.4. The van der Waals surface area contributed by atoms with Gasteiger partial charge in [0.15, 0.2) is 0 Å². The molecule has 2 heterocycles. The summed E-state index contributed by atoms with van der Waals surface area (Å²) in [5.41, 5.74) is 13.6. The van der Waals surface area contributed by atoms with Gasteiger partial charge in [0, 0.05) is 49.7 Å². The van der Waals surface area contributed by atoms with Crippen LogP contribution in [0.2, 0.25) is 0 Å². The summed E-state index contributed by atoms with van der Waals surface area (Å²) in [6.07, 6.45) is 7.27. The van der Waals surface area contributed by atoms with Crippen LogP contribution in [-0.4, -0.2) is 28.7 Å². The topological polar surface area (TPSA) is 79.4 Å². The largest absolute Gasteiger partial charge is 0.494 e. The lowest BCUT2D eigenvalue weighted by Crippen LogP contribution is -2.05. The Hall–Kier alpha value is -3.64. The summed E-state index contributed by atoms with van der Waals surface area (Å²) in [6, 6.07) is 17.1. The molecule has 0 atom stereocenters. The maximum atomic E-state index is 11.4. The molecule has 186 valence electrons. The number of nitrogens with two attached hydrogens (primary N) is 1. The van der Waals surface area contributed by atoms with Crippen LogP contribution in [-0.2, 0) is 29.0 Å². The molecule has 6 heteroatoms. The standard InChI is InChI=1S/C30H33N3O3/c1-3-35-26-7-6-22(10-13-36-20(2)34)28(17-26)24-15-29(23-8-11-32-25(14-23)18-31)27-9-12-33(30(27)16-24)19-21-4-5-21/h6-9,11-12,14-17,21H,3-5,10,13,18-19,31H2,1-2H3. The Labute approximate surface area is 212 Å². The average Bonchev–Trinajstić information content (AvgIpc) is 3.62. The van der Waals surface area contributed by atoms with Crippen molar-refractivity contribution in [1.82, 2.24) is 9.55 Å². The number of esters is 1. The quantitative estimate of drug-likeness (QED) is 0.291. The second kappa shape index (κ2) is 10.5.